The SMILES string of the molecule is N=C(N)c1ccc2c(CC(N)=O)c(OC(=O)c3ccc(/C=N\N)cc3)ccc2c1. The number of benzene rings is 3. The first kappa shape index (κ1) is 19.6. The van der Waals surface area contributed by atoms with Crippen LogP contribution in [0.3, 0.4) is 0 Å². The van der Waals surface area contributed by atoms with Gasteiger partial charge in [-0.2, -0.15) is 5.10 Å². The van der Waals surface area contributed by atoms with Crippen LogP contribution in [-0.4, -0.2) is 23.9 Å². The summed E-state index contributed by atoms with van der Waals surface area (Å²) in [5.41, 5.74) is 13.0. The summed E-state index contributed by atoms with van der Waals surface area (Å²) in [5.74, 6) is 4.15. The molecule has 0 radical (unpaired) electrons. The van der Waals surface area contributed by atoms with Crippen molar-refractivity contribution < 1.29 is 14.3 Å². The van der Waals surface area contributed by atoms with Crippen molar-refractivity contribution >= 4 is 34.7 Å². The highest BCUT2D eigenvalue weighted by Gasteiger charge is 2.16. The number of hydrogen-bond donors (Lipinski definition) is 4. The van der Waals surface area contributed by atoms with Crippen LogP contribution in [0.15, 0.2) is 59.7 Å². The molecule has 0 saturated carbocycles. The van der Waals surface area contributed by atoms with Crippen molar-refractivity contribution in [2.24, 2.45) is 22.4 Å². The molecule has 3 aromatic rings. The van der Waals surface area contributed by atoms with E-state index < -0.39 is 11.9 Å². The number of carbonyl (C=O) groups is 2. The Bertz CT molecular complexity index is 1140. The molecule has 0 aliphatic heterocycles. The number of fused-ring (bicyclic) bond motifs is 1. The Labute approximate surface area is 166 Å². The van der Waals surface area contributed by atoms with Gasteiger partial charge in [-0.3, -0.25) is 10.2 Å². The minimum Gasteiger partial charge on any atom is -0.423 e. The van der Waals surface area contributed by atoms with Crippen LogP contribution in [0.2, 0.25) is 0 Å². The highest BCUT2D eigenvalue weighted by molar-refractivity contribution is 6.01. The molecule has 8 heteroatoms. The number of amidine groups is 1. The van der Waals surface area contributed by atoms with Crippen LogP contribution in [0.1, 0.15) is 27.0 Å². The van der Waals surface area contributed by atoms with Crippen molar-refractivity contribution in [1.82, 2.24) is 0 Å². The van der Waals surface area contributed by atoms with Crippen molar-refractivity contribution in [2.75, 3.05) is 0 Å². The molecule has 0 atom stereocenters. The van der Waals surface area contributed by atoms with Gasteiger partial charge in [0.15, 0.2) is 0 Å². The van der Waals surface area contributed by atoms with Crippen molar-refractivity contribution in [3.63, 3.8) is 0 Å². The Morgan fingerprint density at radius 1 is 1.00 bits per heavy atom. The average molecular weight is 389 g/mol. The fraction of sp³-hybridized carbons (Fsp3) is 0.0476. The predicted octanol–water partition coefficient (Wildman–Crippen LogP) is 1.66. The van der Waals surface area contributed by atoms with Gasteiger partial charge in [-0.15, -0.1) is 0 Å². The van der Waals surface area contributed by atoms with Gasteiger partial charge >= 0.3 is 5.97 Å². The number of nitrogens with two attached hydrogens (primary N) is 3. The molecule has 0 aromatic heterocycles. The zero-order chi connectivity index (χ0) is 21.0. The number of carbonyl (C=O) groups excluding carboxylic acids is 2. The first-order chi connectivity index (χ1) is 13.9. The summed E-state index contributed by atoms with van der Waals surface area (Å²) in [6.07, 6.45) is 1.35. The van der Waals surface area contributed by atoms with Crippen LogP contribution in [0.4, 0.5) is 0 Å². The predicted molar refractivity (Wildman–Crippen MR) is 111 cm³/mol. The lowest BCUT2D eigenvalue weighted by atomic mass is 9.98. The number of hydrogen-bond acceptors (Lipinski definition) is 6. The monoisotopic (exact) mass is 389 g/mol. The largest absolute Gasteiger partial charge is 0.423 e. The smallest absolute Gasteiger partial charge is 0.343 e. The van der Waals surface area contributed by atoms with E-state index in [-0.39, 0.29) is 18.0 Å². The molecular weight excluding hydrogens is 370 g/mol. The van der Waals surface area contributed by atoms with Crippen molar-refractivity contribution in [2.45, 2.75) is 6.42 Å². The van der Waals surface area contributed by atoms with Gasteiger partial charge in [-0.05, 0) is 40.6 Å². The maximum absolute atomic E-state index is 12.6. The summed E-state index contributed by atoms with van der Waals surface area (Å²) < 4.78 is 5.55. The van der Waals surface area contributed by atoms with Gasteiger partial charge in [-0.1, -0.05) is 30.3 Å². The fourth-order valence-corrected chi connectivity index (χ4v) is 2.94. The number of amides is 1. The molecule has 0 spiro atoms. The zero-order valence-electron chi connectivity index (χ0n) is 15.4. The number of esters is 1. The molecule has 0 bridgehead atoms. The number of ether oxygens (including phenoxy) is 1. The Morgan fingerprint density at radius 2 is 1.69 bits per heavy atom. The van der Waals surface area contributed by atoms with Gasteiger partial charge in [0.05, 0.1) is 18.2 Å². The number of rotatable bonds is 6. The quantitative estimate of drug-likeness (QED) is 0.126. The molecule has 0 fully saturated rings. The van der Waals surface area contributed by atoms with E-state index in [1.165, 1.54) is 6.21 Å². The van der Waals surface area contributed by atoms with E-state index in [9.17, 15) is 9.59 Å². The van der Waals surface area contributed by atoms with Gasteiger partial charge in [0, 0.05) is 11.1 Å². The molecule has 29 heavy (non-hydrogen) atoms. The van der Waals surface area contributed by atoms with Crippen LogP contribution in [0.25, 0.3) is 10.8 Å². The van der Waals surface area contributed by atoms with Crippen molar-refractivity contribution in [3.8, 4) is 5.75 Å². The first-order valence-corrected chi connectivity index (χ1v) is 8.63. The topological polar surface area (TPSA) is 158 Å². The first-order valence-electron chi connectivity index (χ1n) is 8.63. The Balaban J connectivity index is 1.98. The van der Waals surface area contributed by atoms with E-state index in [2.05, 4.69) is 5.10 Å². The van der Waals surface area contributed by atoms with Gasteiger partial charge in [0.1, 0.15) is 11.6 Å². The van der Waals surface area contributed by atoms with E-state index in [0.29, 0.717) is 22.1 Å². The maximum atomic E-state index is 12.6. The van der Waals surface area contributed by atoms with Crippen LogP contribution in [-0.2, 0) is 11.2 Å². The number of nitrogens with zero attached hydrogens (tertiary/aromatic N) is 1. The highest BCUT2D eigenvalue weighted by atomic mass is 16.5. The third-order valence-corrected chi connectivity index (χ3v) is 4.32. The van der Waals surface area contributed by atoms with Crippen molar-refractivity contribution in [1.29, 1.82) is 5.41 Å². The lowest BCUT2D eigenvalue weighted by Crippen LogP contribution is -2.16. The summed E-state index contributed by atoms with van der Waals surface area (Å²) in [6, 6.07) is 15.0. The summed E-state index contributed by atoms with van der Waals surface area (Å²) in [4.78, 5) is 24.2. The third kappa shape index (κ3) is 4.38. The van der Waals surface area contributed by atoms with E-state index in [4.69, 9.17) is 27.5 Å². The van der Waals surface area contributed by atoms with E-state index >= 15 is 0 Å². The standard InChI is InChI=1S/C21H19N5O3/c22-19(27)10-17-16-7-5-15(20(23)24)9-14(16)6-8-18(17)29-21(28)13-3-1-12(2-4-13)11-26-25/h1-9,11H,10,25H2,(H2,22,27)(H3,23,24)/b26-11-. The fourth-order valence-electron chi connectivity index (χ4n) is 2.94. The van der Waals surface area contributed by atoms with Crippen LogP contribution in [0, 0.1) is 5.41 Å². The van der Waals surface area contributed by atoms with Crippen LogP contribution < -0.4 is 22.0 Å². The van der Waals surface area contributed by atoms with E-state index in [1.54, 1.807) is 54.6 Å². The van der Waals surface area contributed by atoms with Gasteiger partial charge in [-0.25, -0.2) is 4.79 Å². The molecule has 0 aliphatic carbocycles. The molecule has 3 aromatic carbocycles. The number of hydrazone groups is 1. The second kappa shape index (κ2) is 8.22. The molecule has 0 unspecified atom stereocenters. The third-order valence-electron chi connectivity index (χ3n) is 4.32. The Morgan fingerprint density at radius 3 is 2.31 bits per heavy atom. The van der Waals surface area contributed by atoms with Gasteiger partial charge in [0.2, 0.25) is 5.91 Å². The second-order valence-electron chi connectivity index (χ2n) is 6.32. The molecule has 0 saturated heterocycles. The second-order valence-corrected chi connectivity index (χ2v) is 6.32. The van der Waals surface area contributed by atoms with Crippen molar-refractivity contribution in [3.05, 3.63) is 76.9 Å². The summed E-state index contributed by atoms with van der Waals surface area (Å²) >= 11 is 0. The maximum Gasteiger partial charge on any atom is 0.343 e. The lowest BCUT2D eigenvalue weighted by molar-refractivity contribution is -0.117. The molecule has 3 rings (SSSR count). The van der Waals surface area contributed by atoms with E-state index in [0.717, 1.165) is 10.9 Å². The molecule has 7 N–H and O–H groups in total. The van der Waals surface area contributed by atoms with Crippen LogP contribution in [0.5, 0.6) is 5.75 Å². The van der Waals surface area contributed by atoms with Crippen LogP contribution >= 0.6 is 0 Å². The molecule has 0 heterocycles. The summed E-state index contributed by atoms with van der Waals surface area (Å²) in [6.45, 7) is 0. The number of primary amides is 1. The summed E-state index contributed by atoms with van der Waals surface area (Å²) in [7, 11) is 0. The minimum atomic E-state index is -0.577. The highest BCUT2D eigenvalue weighted by Crippen LogP contribution is 2.30. The molecule has 146 valence electrons. The number of nitrogen functional groups attached to an aromatic ring is 1. The minimum absolute atomic E-state index is 0.0676. The number of nitrogens with one attached hydrogen (secondary N) is 1. The lowest BCUT2D eigenvalue weighted by Gasteiger charge is -2.13. The molecular formula is C21H19N5O3. The summed E-state index contributed by atoms with van der Waals surface area (Å²) in [5, 5.41) is 12.4. The van der Waals surface area contributed by atoms with E-state index in [1.807, 2.05) is 0 Å². The Kier molecular flexibility index (Phi) is 5.54. The normalized spacial score (nSPS) is 10.9. The molecule has 8 nitrogen and oxygen atoms in total. The molecule has 1 amide bonds. The molecule has 0 aliphatic rings. The Hall–Kier alpha value is -4.20. The zero-order valence-corrected chi connectivity index (χ0v) is 15.4. The average Bonchev–Trinajstić information content (AvgIpc) is 2.69. The van der Waals surface area contributed by atoms with Gasteiger partial charge < -0.3 is 22.0 Å². The van der Waals surface area contributed by atoms with Gasteiger partial charge in [0.25, 0.3) is 0 Å².